The van der Waals surface area contributed by atoms with Crippen molar-refractivity contribution < 1.29 is 18.7 Å². The Hall–Kier alpha value is -4.32. The zero-order valence-electron chi connectivity index (χ0n) is 20.6. The van der Waals surface area contributed by atoms with E-state index in [9.17, 15) is 9.59 Å². The Labute approximate surface area is 216 Å². The summed E-state index contributed by atoms with van der Waals surface area (Å²) in [7, 11) is 0. The number of rotatable bonds is 11. The summed E-state index contributed by atoms with van der Waals surface area (Å²) in [6.45, 7) is 0.609. The van der Waals surface area contributed by atoms with E-state index in [0.717, 1.165) is 30.4 Å². The van der Waals surface area contributed by atoms with E-state index in [1.807, 2.05) is 66.7 Å². The van der Waals surface area contributed by atoms with E-state index in [0.29, 0.717) is 36.2 Å². The molecule has 1 aliphatic rings. The van der Waals surface area contributed by atoms with Gasteiger partial charge in [0.15, 0.2) is 6.61 Å². The highest BCUT2D eigenvalue weighted by molar-refractivity contribution is 5.94. The van der Waals surface area contributed by atoms with Crippen molar-refractivity contribution in [2.45, 2.75) is 38.4 Å². The van der Waals surface area contributed by atoms with Crippen molar-refractivity contribution in [3.05, 3.63) is 125 Å². The van der Waals surface area contributed by atoms with Crippen molar-refractivity contribution in [1.82, 2.24) is 10.2 Å². The fraction of sp³-hybridized carbons (Fsp3) is 0.226. The molecule has 6 heteroatoms. The van der Waals surface area contributed by atoms with Gasteiger partial charge in [0.25, 0.3) is 11.8 Å². The maximum Gasteiger partial charge on any atom is 0.261 e. The third kappa shape index (κ3) is 6.88. The van der Waals surface area contributed by atoms with Crippen LogP contribution in [0.25, 0.3) is 0 Å². The molecule has 4 aromatic rings. The summed E-state index contributed by atoms with van der Waals surface area (Å²) >= 11 is 0. The molecule has 2 amide bonds. The van der Waals surface area contributed by atoms with Crippen LogP contribution in [0.15, 0.2) is 102 Å². The number of hydrogen-bond donors (Lipinski definition) is 1. The number of benzene rings is 3. The van der Waals surface area contributed by atoms with Crippen LogP contribution in [0.4, 0.5) is 0 Å². The summed E-state index contributed by atoms with van der Waals surface area (Å²) in [4.78, 5) is 27.3. The molecule has 3 aromatic carbocycles. The summed E-state index contributed by atoms with van der Waals surface area (Å²) in [5.74, 6) is 1.18. The van der Waals surface area contributed by atoms with E-state index in [1.165, 1.54) is 5.56 Å². The van der Waals surface area contributed by atoms with Crippen molar-refractivity contribution in [1.29, 1.82) is 0 Å². The fourth-order valence-electron chi connectivity index (χ4n) is 4.14. The molecule has 0 unspecified atom stereocenters. The molecule has 0 atom stereocenters. The van der Waals surface area contributed by atoms with Gasteiger partial charge < -0.3 is 19.4 Å². The molecule has 1 heterocycles. The van der Waals surface area contributed by atoms with Gasteiger partial charge >= 0.3 is 0 Å². The van der Waals surface area contributed by atoms with Crippen LogP contribution in [0.5, 0.6) is 5.75 Å². The third-order valence-electron chi connectivity index (χ3n) is 6.34. The van der Waals surface area contributed by atoms with Crippen LogP contribution >= 0.6 is 0 Å². The molecule has 0 aliphatic heterocycles. The van der Waals surface area contributed by atoms with Crippen LogP contribution in [0, 0.1) is 0 Å². The lowest BCUT2D eigenvalue weighted by atomic mass is 10.0. The summed E-state index contributed by atoms with van der Waals surface area (Å²) in [5, 5.41) is 3.00. The zero-order valence-corrected chi connectivity index (χ0v) is 20.6. The Morgan fingerprint density at radius 3 is 2.32 bits per heavy atom. The minimum atomic E-state index is -0.151. The summed E-state index contributed by atoms with van der Waals surface area (Å²) in [6.07, 6.45) is 4.42. The van der Waals surface area contributed by atoms with E-state index < -0.39 is 0 Å². The monoisotopic (exact) mass is 494 g/mol. The van der Waals surface area contributed by atoms with Gasteiger partial charge in [-0.1, -0.05) is 60.7 Å². The minimum Gasteiger partial charge on any atom is -0.483 e. The third-order valence-corrected chi connectivity index (χ3v) is 6.34. The Morgan fingerprint density at radius 1 is 0.838 bits per heavy atom. The quantitative estimate of drug-likeness (QED) is 0.304. The second-order valence-electron chi connectivity index (χ2n) is 9.33. The van der Waals surface area contributed by atoms with Gasteiger partial charge in [-0.25, -0.2) is 0 Å². The topological polar surface area (TPSA) is 71.8 Å². The van der Waals surface area contributed by atoms with Gasteiger partial charge in [0.1, 0.15) is 11.5 Å². The first-order valence-electron chi connectivity index (χ1n) is 12.6. The SMILES string of the molecule is O=C(NC1CC1)c1ccc(CN(Cc2ccco2)C(=O)COc2ccccc2Cc2ccccc2)cc1. The molecule has 1 N–H and O–H groups in total. The van der Waals surface area contributed by atoms with Gasteiger partial charge in [-0.3, -0.25) is 9.59 Å². The van der Waals surface area contributed by atoms with Crippen LogP contribution in [0.2, 0.25) is 0 Å². The lowest BCUT2D eigenvalue weighted by Gasteiger charge is -2.22. The van der Waals surface area contributed by atoms with Gasteiger partial charge in [0, 0.05) is 24.6 Å². The molecule has 1 aliphatic carbocycles. The average Bonchev–Trinajstić information content (AvgIpc) is 3.59. The van der Waals surface area contributed by atoms with Gasteiger partial charge in [-0.05, 0) is 59.9 Å². The highest BCUT2D eigenvalue weighted by atomic mass is 16.5. The van der Waals surface area contributed by atoms with Gasteiger partial charge in [0.2, 0.25) is 0 Å². The smallest absolute Gasteiger partial charge is 0.261 e. The largest absolute Gasteiger partial charge is 0.483 e. The Balaban J connectivity index is 1.25. The molecular weight excluding hydrogens is 464 g/mol. The normalized spacial score (nSPS) is 12.6. The first kappa shape index (κ1) is 24.4. The standard InChI is InChI=1S/C31H30N2O4/c34-30(22-37-29-11-5-4-9-26(29)19-23-7-2-1-3-8-23)33(21-28-10-6-18-36-28)20-24-12-14-25(15-13-24)31(35)32-27-16-17-27/h1-15,18,27H,16-17,19-22H2,(H,32,35). The summed E-state index contributed by atoms with van der Waals surface area (Å²) in [5.41, 5.74) is 3.75. The Bertz CT molecular complexity index is 1310. The number of amides is 2. The number of carbonyl (C=O) groups excluding carboxylic acids is 2. The van der Waals surface area contributed by atoms with Gasteiger partial charge in [0.05, 0.1) is 12.8 Å². The molecule has 37 heavy (non-hydrogen) atoms. The van der Waals surface area contributed by atoms with E-state index >= 15 is 0 Å². The molecule has 6 nitrogen and oxygen atoms in total. The maximum atomic E-state index is 13.3. The van der Waals surface area contributed by atoms with E-state index in [4.69, 9.17) is 9.15 Å². The van der Waals surface area contributed by atoms with E-state index in [-0.39, 0.29) is 18.4 Å². The van der Waals surface area contributed by atoms with Crippen LogP contribution < -0.4 is 10.1 Å². The number of para-hydroxylation sites is 1. The molecule has 5 rings (SSSR count). The summed E-state index contributed by atoms with van der Waals surface area (Å²) in [6, 6.07) is 29.3. The Morgan fingerprint density at radius 2 is 1.59 bits per heavy atom. The van der Waals surface area contributed by atoms with Crippen molar-refractivity contribution in [2.24, 2.45) is 0 Å². The van der Waals surface area contributed by atoms with E-state index in [2.05, 4.69) is 17.4 Å². The number of carbonyl (C=O) groups is 2. The van der Waals surface area contributed by atoms with Crippen LogP contribution in [-0.2, 0) is 24.3 Å². The molecule has 1 saturated carbocycles. The second-order valence-corrected chi connectivity index (χ2v) is 9.33. The maximum absolute atomic E-state index is 13.3. The molecule has 1 aromatic heterocycles. The lowest BCUT2D eigenvalue weighted by Crippen LogP contribution is -2.34. The number of ether oxygens (including phenoxy) is 1. The number of nitrogens with one attached hydrogen (secondary N) is 1. The molecular formula is C31H30N2O4. The predicted molar refractivity (Wildman–Crippen MR) is 141 cm³/mol. The molecule has 188 valence electrons. The van der Waals surface area contributed by atoms with Crippen LogP contribution in [0.3, 0.4) is 0 Å². The van der Waals surface area contributed by atoms with Gasteiger partial charge in [-0.2, -0.15) is 0 Å². The van der Waals surface area contributed by atoms with Crippen LogP contribution in [0.1, 0.15) is 45.7 Å². The molecule has 1 fully saturated rings. The highest BCUT2D eigenvalue weighted by Crippen LogP contribution is 2.22. The fourth-order valence-corrected chi connectivity index (χ4v) is 4.14. The number of nitrogens with zero attached hydrogens (tertiary/aromatic N) is 1. The highest BCUT2D eigenvalue weighted by Gasteiger charge is 2.24. The average molecular weight is 495 g/mol. The minimum absolute atomic E-state index is 0.0554. The molecule has 0 bridgehead atoms. The van der Waals surface area contributed by atoms with Crippen LogP contribution in [-0.4, -0.2) is 29.4 Å². The first-order valence-corrected chi connectivity index (χ1v) is 12.6. The molecule has 0 saturated heterocycles. The number of furan rings is 1. The molecule has 0 radical (unpaired) electrons. The van der Waals surface area contributed by atoms with Crippen molar-refractivity contribution in [3.8, 4) is 5.75 Å². The summed E-state index contributed by atoms with van der Waals surface area (Å²) < 4.78 is 11.5. The lowest BCUT2D eigenvalue weighted by molar-refractivity contribution is -0.134. The van der Waals surface area contributed by atoms with Crippen molar-refractivity contribution in [3.63, 3.8) is 0 Å². The van der Waals surface area contributed by atoms with Gasteiger partial charge in [-0.15, -0.1) is 0 Å². The number of hydrogen-bond acceptors (Lipinski definition) is 4. The van der Waals surface area contributed by atoms with Crippen molar-refractivity contribution >= 4 is 11.8 Å². The Kier molecular flexibility index (Phi) is 7.65. The molecule has 0 spiro atoms. The second kappa shape index (κ2) is 11.6. The van der Waals surface area contributed by atoms with Crippen molar-refractivity contribution in [2.75, 3.05) is 6.61 Å². The zero-order chi connectivity index (χ0) is 25.5. The van der Waals surface area contributed by atoms with E-state index in [1.54, 1.807) is 23.3 Å². The predicted octanol–water partition coefficient (Wildman–Crippen LogP) is 5.37. The first-order chi connectivity index (χ1) is 18.1.